The van der Waals surface area contributed by atoms with Crippen LogP contribution in [-0.2, 0) is 12.3 Å². The van der Waals surface area contributed by atoms with Crippen molar-refractivity contribution in [2.45, 2.75) is 25.3 Å². The quantitative estimate of drug-likeness (QED) is 0.580. The largest absolute Gasteiger partial charge is 0.401 e. The molecule has 0 saturated carbocycles. The van der Waals surface area contributed by atoms with E-state index in [1.165, 1.54) is 10.6 Å². The first-order valence-electron chi connectivity index (χ1n) is 8.56. The number of fused-ring (bicyclic) bond motifs is 2. The van der Waals surface area contributed by atoms with Crippen molar-refractivity contribution in [2.75, 3.05) is 11.4 Å². The summed E-state index contributed by atoms with van der Waals surface area (Å²) in [6.45, 7) is 1.10. The maximum Gasteiger partial charge on any atom is 0.321 e. The molecule has 4 aromatic heterocycles. The number of pyridine rings is 1. The molecule has 5 rings (SSSR count). The molecule has 0 aromatic carbocycles. The molecular formula is C17H14F3N7O. The van der Waals surface area contributed by atoms with Gasteiger partial charge in [0.2, 0.25) is 0 Å². The third-order valence-corrected chi connectivity index (χ3v) is 4.71. The zero-order valence-corrected chi connectivity index (χ0v) is 14.6. The van der Waals surface area contributed by atoms with E-state index in [4.69, 9.17) is 4.42 Å². The standard InChI is InChI=1S/C17H14F3N7O/c1-17(19,20)15-23-24-16(28-15)26-6-4-10-13(22-8-21-10)14(26)11-7-12-9(18)3-2-5-27(12)25-11/h2-3,5,7-8,14H,4,6H2,1H3,(H,21,22)/t14-/m0/s1. The summed E-state index contributed by atoms with van der Waals surface area (Å²) in [5.41, 5.74) is 2.32. The summed E-state index contributed by atoms with van der Waals surface area (Å²) in [6.07, 6.45) is 3.76. The summed E-state index contributed by atoms with van der Waals surface area (Å²) in [7, 11) is 0. The van der Waals surface area contributed by atoms with Crippen molar-refractivity contribution in [3.63, 3.8) is 0 Å². The first kappa shape index (κ1) is 16.8. The molecule has 0 amide bonds. The van der Waals surface area contributed by atoms with E-state index in [1.807, 2.05) is 0 Å². The first-order chi connectivity index (χ1) is 13.4. The second-order valence-corrected chi connectivity index (χ2v) is 6.65. The van der Waals surface area contributed by atoms with Gasteiger partial charge in [0.25, 0.3) is 5.89 Å². The van der Waals surface area contributed by atoms with Gasteiger partial charge in [0, 0.05) is 31.8 Å². The molecule has 144 valence electrons. The lowest BCUT2D eigenvalue weighted by atomic mass is 10.0. The van der Waals surface area contributed by atoms with Gasteiger partial charge in [0.05, 0.1) is 17.7 Å². The van der Waals surface area contributed by atoms with E-state index < -0.39 is 23.7 Å². The van der Waals surface area contributed by atoms with E-state index >= 15 is 0 Å². The van der Waals surface area contributed by atoms with Crippen molar-refractivity contribution in [1.82, 2.24) is 29.8 Å². The third kappa shape index (κ3) is 2.53. The van der Waals surface area contributed by atoms with Crippen molar-refractivity contribution in [1.29, 1.82) is 0 Å². The lowest BCUT2D eigenvalue weighted by molar-refractivity contribution is -0.0107. The minimum atomic E-state index is -3.25. The predicted octanol–water partition coefficient (Wildman–Crippen LogP) is 2.84. The van der Waals surface area contributed by atoms with Crippen LogP contribution in [0.15, 0.2) is 35.1 Å². The van der Waals surface area contributed by atoms with Gasteiger partial charge in [0.1, 0.15) is 17.4 Å². The summed E-state index contributed by atoms with van der Waals surface area (Å²) in [5.74, 6) is -4.44. The minimum absolute atomic E-state index is 0.0623. The molecule has 1 atom stereocenters. The van der Waals surface area contributed by atoms with Gasteiger partial charge >= 0.3 is 11.9 Å². The summed E-state index contributed by atoms with van der Waals surface area (Å²) in [4.78, 5) is 9.09. The minimum Gasteiger partial charge on any atom is -0.401 e. The van der Waals surface area contributed by atoms with Crippen LogP contribution in [0.1, 0.15) is 35.9 Å². The maximum atomic E-state index is 14.1. The average molecular weight is 389 g/mol. The van der Waals surface area contributed by atoms with Gasteiger partial charge in [-0.2, -0.15) is 13.9 Å². The fraction of sp³-hybridized carbons (Fsp3) is 0.294. The molecule has 0 radical (unpaired) electrons. The smallest absolute Gasteiger partial charge is 0.321 e. The van der Waals surface area contributed by atoms with E-state index in [0.717, 1.165) is 5.69 Å². The topological polar surface area (TPSA) is 88.1 Å². The highest BCUT2D eigenvalue weighted by Crippen LogP contribution is 2.37. The number of hydrogen-bond donors (Lipinski definition) is 1. The van der Waals surface area contributed by atoms with Gasteiger partial charge in [-0.1, -0.05) is 5.10 Å². The monoisotopic (exact) mass is 389 g/mol. The Balaban J connectivity index is 1.64. The highest BCUT2D eigenvalue weighted by molar-refractivity contribution is 5.52. The molecule has 28 heavy (non-hydrogen) atoms. The van der Waals surface area contributed by atoms with Crippen molar-refractivity contribution >= 4 is 11.5 Å². The van der Waals surface area contributed by atoms with Crippen LogP contribution in [0.3, 0.4) is 0 Å². The van der Waals surface area contributed by atoms with Crippen LogP contribution in [0.5, 0.6) is 0 Å². The van der Waals surface area contributed by atoms with Crippen molar-refractivity contribution < 1.29 is 17.6 Å². The van der Waals surface area contributed by atoms with Gasteiger partial charge in [-0.15, -0.1) is 5.10 Å². The molecule has 0 saturated heterocycles. The molecule has 0 aliphatic carbocycles. The van der Waals surface area contributed by atoms with Gasteiger partial charge in [0.15, 0.2) is 0 Å². The van der Waals surface area contributed by atoms with Crippen LogP contribution in [-0.4, -0.2) is 36.3 Å². The fourth-order valence-corrected chi connectivity index (χ4v) is 3.42. The molecule has 8 nitrogen and oxygen atoms in total. The van der Waals surface area contributed by atoms with Gasteiger partial charge in [-0.25, -0.2) is 13.9 Å². The lowest BCUT2D eigenvalue weighted by Crippen LogP contribution is -2.37. The molecule has 0 fully saturated rings. The Morgan fingerprint density at radius 1 is 1.32 bits per heavy atom. The molecule has 0 bridgehead atoms. The van der Waals surface area contributed by atoms with Crippen molar-refractivity contribution in [3.05, 3.63) is 59.5 Å². The number of anilines is 1. The molecule has 4 aromatic rings. The van der Waals surface area contributed by atoms with Gasteiger partial charge < -0.3 is 14.3 Å². The Labute approximate surface area is 156 Å². The molecule has 5 heterocycles. The number of aromatic amines is 1. The summed E-state index contributed by atoms with van der Waals surface area (Å²) < 4.78 is 47.9. The third-order valence-electron chi connectivity index (χ3n) is 4.71. The Morgan fingerprint density at radius 2 is 2.18 bits per heavy atom. The molecule has 11 heteroatoms. The second kappa shape index (κ2) is 5.81. The number of rotatable bonds is 3. The van der Waals surface area contributed by atoms with Gasteiger partial charge in [-0.05, 0) is 18.2 Å². The Kier molecular flexibility index (Phi) is 3.48. The van der Waals surface area contributed by atoms with E-state index in [2.05, 4.69) is 25.3 Å². The normalized spacial score (nSPS) is 17.3. The number of nitrogens with zero attached hydrogens (tertiary/aromatic N) is 6. The molecule has 1 N–H and O–H groups in total. The number of H-pyrrole nitrogens is 1. The summed E-state index contributed by atoms with van der Waals surface area (Å²) >= 11 is 0. The Bertz CT molecular complexity index is 1160. The van der Waals surface area contributed by atoms with Crippen LogP contribution in [0.25, 0.3) is 5.52 Å². The highest BCUT2D eigenvalue weighted by atomic mass is 19.3. The number of nitrogens with one attached hydrogen (secondary N) is 1. The van der Waals surface area contributed by atoms with Crippen molar-refractivity contribution in [2.24, 2.45) is 0 Å². The molecular weight excluding hydrogens is 375 g/mol. The number of hydrogen-bond acceptors (Lipinski definition) is 6. The SMILES string of the molecule is CC(F)(F)c1nnc(N2CCc3[nH]cnc3[C@@H]2c2cc3c(F)cccn3n2)o1. The average Bonchev–Trinajstić information content (AvgIpc) is 3.38. The van der Waals surface area contributed by atoms with Crippen LogP contribution in [0, 0.1) is 5.82 Å². The highest BCUT2D eigenvalue weighted by Gasteiger charge is 2.38. The Hall–Kier alpha value is -3.37. The second-order valence-electron chi connectivity index (χ2n) is 6.65. The van der Waals surface area contributed by atoms with Crippen LogP contribution >= 0.6 is 0 Å². The van der Waals surface area contributed by atoms with Crippen LogP contribution < -0.4 is 4.90 Å². The first-order valence-corrected chi connectivity index (χ1v) is 8.56. The predicted molar refractivity (Wildman–Crippen MR) is 90.5 cm³/mol. The van der Waals surface area contributed by atoms with Crippen molar-refractivity contribution in [3.8, 4) is 0 Å². The number of halogens is 3. The van der Waals surface area contributed by atoms with Crippen LogP contribution in [0.4, 0.5) is 19.2 Å². The summed E-state index contributed by atoms with van der Waals surface area (Å²) in [6, 6.07) is 3.83. The van der Waals surface area contributed by atoms with E-state index in [1.54, 1.807) is 29.6 Å². The number of alkyl halides is 2. The molecule has 1 aliphatic rings. The Morgan fingerprint density at radius 3 is 2.93 bits per heavy atom. The zero-order chi connectivity index (χ0) is 19.5. The van der Waals surface area contributed by atoms with Crippen LogP contribution in [0.2, 0.25) is 0 Å². The maximum absolute atomic E-state index is 14.1. The molecule has 0 unspecified atom stereocenters. The number of imidazole rings is 1. The van der Waals surface area contributed by atoms with E-state index in [9.17, 15) is 13.2 Å². The summed E-state index contributed by atoms with van der Waals surface area (Å²) in [5, 5.41) is 11.7. The number of aromatic nitrogens is 6. The molecule has 1 aliphatic heterocycles. The van der Waals surface area contributed by atoms with Gasteiger partial charge in [-0.3, -0.25) is 0 Å². The lowest BCUT2D eigenvalue weighted by Gasteiger charge is -2.32. The van der Waals surface area contributed by atoms with E-state index in [0.29, 0.717) is 36.8 Å². The zero-order valence-electron chi connectivity index (χ0n) is 14.6. The van der Waals surface area contributed by atoms with E-state index in [-0.39, 0.29) is 6.01 Å². The fourth-order valence-electron chi connectivity index (χ4n) is 3.42. The molecule has 0 spiro atoms.